The maximum absolute atomic E-state index is 5.66. The molecular weight excluding hydrogens is 218 g/mol. The lowest BCUT2D eigenvalue weighted by atomic mass is 10.4. The molecule has 0 spiro atoms. The molecule has 0 saturated carbocycles. The third-order valence-electron chi connectivity index (χ3n) is 2.16. The Morgan fingerprint density at radius 2 is 2.00 bits per heavy atom. The summed E-state index contributed by atoms with van der Waals surface area (Å²) in [5.41, 5.74) is 7.06. The van der Waals surface area contributed by atoms with Crippen molar-refractivity contribution < 1.29 is 9.47 Å². The lowest BCUT2D eigenvalue weighted by molar-refractivity contribution is 0.385. The van der Waals surface area contributed by atoms with Crippen molar-refractivity contribution in [3.63, 3.8) is 0 Å². The van der Waals surface area contributed by atoms with Crippen molar-refractivity contribution >= 4 is 5.69 Å². The molecule has 0 aliphatic heterocycles. The second-order valence-corrected chi connectivity index (χ2v) is 3.49. The molecular formula is C12H13N3O2. The number of ether oxygens (including phenoxy) is 2. The van der Waals surface area contributed by atoms with Gasteiger partial charge in [0.2, 0.25) is 11.8 Å². The zero-order chi connectivity index (χ0) is 12.3. The van der Waals surface area contributed by atoms with Crippen molar-refractivity contribution in [1.29, 1.82) is 0 Å². The van der Waals surface area contributed by atoms with E-state index in [0.717, 1.165) is 5.69 Å². The van der Waals surface area contributed by atoms with Crippen molar-refractivity contribution in [1.82, 2.24) is 9.97 Å². The van der Waals surface area contributed by atoms with E-state index in [1.54, 1.807) is 18.3 Å². The molecule has 2 N–H and O–H groups in total. The molecule has 0 fully saturated rings. The quantitative estimate of drug-likeness (QED) is 0.876. The number of methoxy groups -OCH3 is 1. The Kier molecular flexibility index (Phi) is 3.09. The molecule has 2 aromatic heterocycles. The lowest BCUT2D eigenvalue weighted by Crippen LogP contribution is -1.97. The van der Waals surface area contributed by atoms with Crippen molar-refractivity contribution in [2.75, 3.05) is 12.8 Å². The van der Waals surface area contributed by atoms with Gasteiger partial charge in [0, 0.05) is 11.8 Å². The molecule has 0 unspecified atom stereocenters. The summed E-state index contributed by atoms with van der Waals surface area (Å²) in [6, 6.07) is 7.05. The van der Waals surface area contributed by atoms with Crippen LogP contribution in [0.2, 0.25) is 0 Å². The van der Waals surface area contributed by atoms with E-state index in [1.807, 2.05) is 19.1 Å². The molecule has 0 aliphatic rings. The first-order valence-electron chi connectivity index (χ1n) is 5.10. The van der Waals surface area contributed by atoms with E-state index in [-0.39, 0.29) is 0 Å². The van der Waals surface area contributed by atoms with Crippen LogP contribution < -0.4 is 15.2 Å². The summed E-state index contributed by atoms with van der Waals surface area (Å²) < 4.78 is 10.5. The summed E-state index contributed by atoms with van der Waals surface area (Å²) in [7, 11) is 1.51. The largest absolute Gasteiger partial charge is 0.479 e. The Morgan fingerprint density at radius 3 is 2.65 bits per heavy atom. The standard InChI is InChI=1S/C12H13N3O2/c1-8-3-4-9(7-14-8)17-11-6-5-10(13)12(15-11)16-2/h3-7H,13H2,1-2H3. The van der Waals surface area contributed by atoms with Crippen LogP contribution in [0.1, 0.15) is 5.69 Å². The fraction of sp³-hybridized carbons (Fsp3) is 0.167. The Hall–Kier alpha value is -2.30. The number of nitrogens with zero attached hydrogens (tertiary/aromatic N) is 2. The van der Waals surface area contributed by atoms with Gasteiger partial charge in [-0.3, -0.25) is 4.98 Å². The highest BCUT2D eigenvalue weighted by molar-refractivity contribution is 5.49. The lowest BCUT2D eigenvalue weighted by Gasteiger charge is -2.07. The molecule has 0 saturated heterocycles. The van der Waals surface area contributed by atoms with Gasteiger partial charge in [-0.1, -0.05) is 0 Å². The van der Waals surface area contributed by atoms with Crippen LogP contribution >= 0.6 is 0 Å². The smallest absolute Gasteiger partial charge is 0.240 e. The summed E-state index contributed by atoms with van der Waals surface area (Å²) in [6.45, 7) is 1.91. The first-order chi connectivity index (χ1) is 8.19. The highest BCUT2D eigenvalue weighted by atomic mass is 16.5. The van der Waals surface area contributed by atoms with Crippen LogP contribution in [-0.4, -0.2) is 17.1 Å². The van der Waals surface area contributed by atoms with E-state index < -0.39 is 0 Å². The Morgan fingerprint density at radius 1 is 1.18 bits per heavy atom. The Bertz CT molecular complexity index is 512. The minimum absolute atomic E-state index is 0.350. The van der Waals surface area contributed by atoms with Gasteiger partial charge in [0.05, 0.1) is 19.0 Å². The highest BCUT2D eigenvalue weighted by Crippen LogP contribution is 2.25. The van der Waals surface area contributed by atoms with E-state index in [4.69, 9.17) is 15.2 Å². The van der Waals surface area contributed by atoms with Gasteiger partial charge in [-0.05, 0) is 25.1 Å². The van der Waals surface area contributed by atoms with E-state index >= 15 is 0 Å². The molecule has 17 heavy (non-hydrogen) atoms. The fourth-order valence-corrected chi connectivity index (χ4v) is 1.29. The number of pyridine rings is 2. The molecule has 5 heteroatoms. The summed E-state index contributed by atoms with van der Waals surface area (Å²) in [5, 5.41) is 0. The molecule has 0 bridgehead atoms. The number of nitrogens with two attached hydrogens (primary N) is 1. The average Bonchev–Trinajstić information content (AvgIpc) is 2.34. The third kappa shape index (κ3) is 2.63. The van der Waals surface area contributed by atoms with Crippen LogP contribution in [0.5, 0.6) is 17.5 Å². The summed E-state index contributed by atoms with van der Waals surface area (Å²) >= 11 is 0. The molecule has 88 valence electrons. The Labute approximate surface area is 99.2 Å². The van der Waals surface area contributed by atoms with Crippen LogP contribution in [0, 0.1) is 6.92 Å². The van der Waals surface area contributed by atoms with E-state index in [2.05, 4.69) is 9.97 Å². The second-order valence-electron chi connectivity index (χ2n) is 3.49. The van der Waals surface area contributed by atoms with Crippen molar-refractivity contribution in [2.45, 2.75) is 6.92 Å². The molecule has 2 rings (SSSR count). The number of nitrogen functional groups attached to an aromatic ring is 1. The summed E-state index contributed by atoms with van der Waals surface area (Å²) in [6.07, 6.45) is 1.64. The number of rotatable bonds is 3. The number of aromatic nitrogens is 2. The molecule has 0 radical (unpaired) electrons. The number of hydrogen-bond donors (Lipinski definition) is 1. The molecule has 2 heterocycles. The van der Waals surface area contributed by atoms with Gasteiger partial charge in [0.15, 0.2) is 0 Å². The van der Waals surface area contributed by atoms with Crippen LogP contribution in [-0.2, 0) is 0 Å². The van der Waals surface area contributed by atoms with Gasteiger partial charge >= 0.3 is 0 Å². The molecule has 0 aromatic carbocycles. The van der Waals surface area contributed by atoms with E-state index in [0.29, 0.717) is 23.2 Å². The maximum atomic E-state index is 5.66. The van der Waals surface area contributed by atoms with Crippen LogP contribution in [0.15, 0.2) is 30.5 Å². The van der Waals surface area contributed by atoms with Crippen LogP contribution in [0.25, 0.3) is 0 Å². The number of anilines is 1. The predicted molar refractivity (Wildman–Crippen MR) is 64.2 cm³/mol. The van der Waals surface area contributed by atoms with E-state index in [9.17, 15) is 0 Å². The van der Waals surface area contributed by atoms with Crippen molar-refractivity contribution in [2.24, 2.45) is 0 Å². The molecule has 5 nitrogen and oxygen atoms in total. The Balaban J connectivity index is 2.21. The van der Waals surface area contributed by atoms with Gasteiger partial charge < -0.3 is 15.2 Å². The number of aryl methyl sites for hydroxylation is 1. The van der Waals surface area contributed by atoms with Gasteiger partial charge in [0.1, 0.15) is 5.75 Å². The average molecular weight is 231 g/mol. The molecule has 2 aromatic rings. The zero-order valence-corrected chi connectivity index (χ0v) is 9.68. The molecule has 0 atom stereocenters. The van der Waals surface area contributed by atoms with Gasteiger partial charge in [0.25, 0.3) is 0 Å². The molecule has 0 aliphatic carbocycles. The van der Waals surface area contributed by atoms with Crippen molar-refractivity contribution in [3.05, 3.63) is 36.2 Å². The van der Waals surface area contributed by atoms with Crippen LogP contribution in [0.4, 0.5) is 5.69 Å². The minimum atomic E-state index is 0.350. The van der Waals surface area contributed by atoms with Gasteiger partial charge in [-0.25, -0.2) is 0 Å². The second kappa shape index (κ2) is 4.69. The zero-order valence-electron chi connectivity index (χ0n) is 9.68. The summed E-state index contributed by atoms with van der Waals surface area (Å²) in [4.78, 5) is 8.24. The van der Waals surface area contributed by atoms with Crippen LogP contribution in [0.3, 0.4) is 0 Å². The van der Waals surface area contributed by atoms with Gasteiger partial charge in [-0.15, -0.1) is 0 Å². The minimum Gasteiger partial charge on any atom is -0.479 e. The maximum Gasteiger partial charge on any atom is 0.240 e. The van der Waals surface area contributed by atoms with Crippen molar-refractivity contribution in [3.8, 4) is 17.5 Å². The first kappa shape index (κ1) is 11.2. The fourth-order valence-electron chi connectivity index (χ4n) is 1.29. The predicted octanol–water partition coefficient (Wildman–Crippen LogP) is 2.17. The first-order valence-corrected chi connectivity index (χ1v) is 5.10. The SMILES string of the molecule is COc1nc(Oc2ccc(C)nc2)ccc1N. The summed E-state index contributed by atoms with van der Waals surface area (Å²) in [5.74, 6) is 1.39. The highest BCUT2D eigenvalue weighted by Gasteiger charge is 2.04. The number of hydrogen-bond acceptors (Lipinski definition) is 5. The molecule has 0 amide bonds. The van der Waals surface area contributed by atoms with Gasteiger partial charge in [-0.2, -0.15) is 4.98 Å². The van der Waals surface area contributed by atoms with E-state index in [1.165, 1.54) is 7.11 Å². The topological polar surface area (TPSA) is 70.3 Å². The third-order valence-corrected chi connectivity index (χ3v) is 2.16. The normalized spacial score (nSPS) is 10.0. The monoisotopic (exact) mass is 231 g/mol.